The van der Waals surface area contributed by atoms with E-state index in [0.29, 0.717) is 11.1 Å². The summed E-state index contributed by atoms with van der Waals surface area (Å²) in [5, 5.41) is 9.83. The van der Waals surface area contributed by atoms with Crippen LogP contribution in [0.4, 0.5) is 0 Å². The van der Waals surface area contributed by atoms with E-state index in [-0.39, 0.29) is 48.6 Å². The Hall–Kier alpha value is -3.34. The zero-order chi connectivity index (χ0) is 26.6. The van der Waals surface area contributed by atoms with E-state index in [9.17, 15) is 18.3 Å². The molecule has 9 nitrogen and oxygen atoms in total. The number of hydrogen-bond donors (Lipinski definition) is 1. The lowest BCUT2D eigenvalue weighted by Gasteiger charge is -2.37. The van der Waals surface area contributed by atoms with Gasteiger partial charge >= 0.3 is 0 Å². The molecule has 4 rings (SSSR count). The van der Waals surface area contributed by atoms with Crippen molar-refractivity contribution in [1.82, 2.24) is 19.2 Å². The van der Waals surface area contributed by atoms with Gasteiger partial charge in [-0.05, 0) is 30.2 Å². The number of fused-ring (bicyclic) bond motifs is 1. The Morgan fingerprint density at radius 3 is 2.54 bits per heavy atom. The summed E-state index contributed by atoms with van der Waals surface area (Å²) in [7, 11) is -2.23. The molecule has 37 heavy (non-hydrogen) atoms. The molecule has 0 aliphatic carbocycles. The first kappa shape index (κ1) is 26.7. The Morgan fingerprint density at radius 1 is 1.16 bits per heavy atom. The van der Waals surface area contributed by atoms with Crippen LogP contribution < -0.4 is 4.74 Å². The summed E-state index contributed by atoms with van der Waals surface area (Å²) >= 11 is 0. The molecule has 0 bridgehead atoms. The third-order valence-corrected chi connectivity index (χ3v) is 8.66. The topological polar surface area (TPSA) is 113 Å². The molecule has 0 saturated heterocycles. The fourth-order valence-corrected chi connectivity index (χ4v) is 6.17. The van der Waals surface area contributed by atoms with Gasteiger partial charge in [-0.2, -0.15) is 4.31 Å². The van der Waals surface area contributed by atoms with Crippen LogP contribution in [-0.2, 0) is 21.2 Å². The van der Waals surface area contributed by atoms with E-state index in [2.05, 4.69) is 9.97 Å². The Kier molecular flexibility index (Phi) is 8.21. The number of rotatable bonds is 7. The van der Waals surface area contributed by atoms with Crippen LogP contribution in [0.25, 0.3) is 11.1 Å². The van der Waals surface area contributed by atoms with E-state index in [0.717, 1.165) is 5.56 Å². The summed E-state index contributed by atoms with van der Waals surface area (Å²) in [6.07, 6.45) is 4.47. The molecule has 2 aromatic carbocycles. The van der Waals surface area contributed by atoms with Crippen LogP contribution >= 0.6 is 0 Å². The van der Waals surface area contributed by atoms with E-state index in [1.807, 2.05) is 37.3 Å². The number of sulfonamides is 1. The summed E-state index contributed by atoms with van der Waals surface area (Å²) in [6, 6.07) is 13.8. The molecule has 0 saturated carbocycles. The first-order chi connectivity index (χ1) is 17.7. The average Bonchev–Trinajstić information content (AvgIpc) is 2.91. The first-order valence-electron chi connectivity index (χ1n) is 12.2. The molecule has 0 unspecified atom stereocenters. The van der Waals surface area contributed by atoms with Crippen molar-refractivity contribution in [2.45, 2.75) is 37.3 Å². The Balaban J connectivity index is 1.69. The number of aliphatic hydroxyl groups is 1. The molecule has 10 heteroatoms. The van der Waals surface area contributed by atoms with E-state index in [1.165, 1.54) is 16.7 Å². The number of aromatic nitrogens is 2. The summed E-state index contributed by atoms with van der Waals surface area (Å²) in [5.74, 6) is -0.141. The van der Waals surface area contributed by atoms with Gasteiger partial charge in [0.25, 0.3) is 0 Å². The van der Waals surface area contributed by atoms with Gasteiger partial charge in [0.1, 0.15) is 23.1 Å². The summed E-state index contributed by atoms with van der Waals surface area (Å²) < 4.78 is 35.0. The van der Waals surface area contributed by atoms with Crippen molar-refractivity contribution in [3.8, 4) is 16.9 Å². The van der Waals surface area contributed by atoms with Gasteiger partial charge < -0.3 is 14.7 Å². The van der Waals surface area contributed by atoms with Crippen LogP contribution in [0.5, 0.6) is 5.75 Å². The lowest BCUT2D eigenvalue weighted by Crippen LogP contribution is -2.50. The fraction of sp³-hybridized carbons (Fsp3) is 0.370. The van der Waals surface area contributed by atoms with Gasteiger partial charge in [-0.3, -0.25) is 4.79 Å². The molecule has 1 N–H and O–H groups in total. The predicted octanol–water partition coefficient (Wildman–Crippen LogP) is 2.61. The minimum Gasteiger partial charge on any atom is -0.487 e. The highest BCUT2D eigenvalue weighted by molar-refractivity contribution is 7.89. The van der Waals surface area contributed by atoms with E-state index < -0.39 is 22.2 Å². The maximum atomic E-state index is 13.7. The number of nitrogens with zero attached hydrogens (tertiary/aromatic N) is 4. The minimum absolute atomic E-state index is 0.0172. The second kappa shape index (κ2) is 11.4. The zero-order valence-electron chi connectivity index (χ0n) is 21.2. The highest BCUT2D eigenvalue weighted by Gasteiger charge is 2.38. The standard InChI is InChI=1S/C27H32N4O5S/c1-19-15-31(20(2)17-32)37(34,35)26-10-9-22(23-13-28-18-29-14-23)12-24(26)36-25(19)16-30(3)27(33)11-21-7-5-4-6-8-21/h4-10,12-14,18-20,25,32H,11,15-17H2,1-3H3/t19-,20+,25-/m0/s1. The number of likely N-dealkylation sites (N-methyl/N-ethyl adjacent to an activating group) is 1. The van der Waals surface area contributed by atoms with Crippen molar-refractivity contribution in [3.63, 3.8) is 0 Å². The predicted molar refractivity (Wildman–Crippen MR) is 139 cm³/mol. The number of ether oxygens (including phenoxy) is 1. The van der Waals surface area contributed by atoms with Gasteiger partial charge in [0, 0.05) is 43.5 Å². The molecule has 1 aliphatic heterocycles. The van der Waals surface area contributed by atoms with Gasteiger partial charge in [-0.25, -0.2) is 18.4 Å². The normalized spacial score (nSPS) is 20.1. The lowest BCUT2D eigenvalue weighted by atomic mass is 10.0. The quantitative estimate of drug-likeness (QED) is 0.506. The number of benzene rings is 2. The van der Waals surface area contributed by atoms with Crippen molar-refractivity contribution >= 4 is 15.9 Å². The van der Waals surface area contributed by atoms with Gasteiger partial charge in [0.2, 0.25) is 15.9 Å². The van der Waals surface area contributed by atoms with Crippen molar-refractivity contribution in [3.05, 3.63) is 72.8 Å². The number of hydrogen-bond acceptors (Lipinski definition) is 7. The second-order valence-electron chi connectivity index (χ2n) is 9.47. The monoisotopic (exact) mass is 524 g/mol. The molecule has 1 amide bonds. The summed E-state index contributed by atoms with van der Waals surface area (Å²) in [4.78, 5) is 22.7. The highest BCUT2D eigenvalue weighted by atomic mass is 32.2. The maximum Gasteiger partial charge on any atom is 0.247 e. The van der Waals surface area contributed by atoms with E-state index >= 15 is 0 Å². The fourth-order valence-electron chi connectivity index (χ4n) is 4.35. The molecular formula is C27H32N4O5S. The van der Waals surface area contributed by atoms with Crippen LogP contribution in [0.3, 0.4) is 0 Å². The third-order valence-electron chi connectivity index (χ3n) is 6.64. The van der Waals surface area contributed by atoms with Crippen LogP contribution in [0, 0.1) is 5.92 Å². The van der Waals surface area contributed by atoms with E-state index in [1.54, 1.807) is 43.4 Å². The first-order valence-corrected chi connectivity index (χ1v) is 13.6. The van der Waals surface area contributed by atoms with Gasteiger partial charge in [-0.15, -0.1) is 0 Å². The Bertz CT molecular complexity index is 1320. The van der Waals surface area contributed by atoms with Crippen molar-refractivity contribution in [2.24, 2.45) is 5.92 Å². The molecule has 1 aromatic heterocycles. The van der Waals surface area contributed by atoms with E-state index in [4.69, 9.17) is 4.74 Å². The molecule has 1 aliphatic rings. The van der Waals surface area contributed by atoms with Crippen molar-refractivity contribution in [2.75, 3.05) is 26.7 Å². The largest absolute Gasteiger partial charge is 0.487 e. The highest BCUT2D eigenvalue weighted by Crippen LogP contribution is 2.36. The number of carbonyl (C=O) groups excluding carboxylic acids is 1. The zero-order valence-corrected chi connectivity index (χ0v) is 22.0. The molecular weight excluding hydrogens is 492 g/mol. The van der Waals surface area contributed by atoms with Gasteiger partial charge in [-0.1, -0.05) is 43.3 Å². The summed E-state index contributed by atoms with van der Waals surface area (Å²) in [5.41, 5.74) is 2.34. The van der Waals surface area contributed by atoms with Crippen LogP contribution in [-0.4, -0.2) is 77.5 Å². The van der Waals surface area contributed by atoms with Gasteiger partial charge in [0.15, 0.2) is 0 Å². The third kappa shape index (κ3) is 5.98. The maximum absolute atomic E-state index is 13.7. The molecule has 0 fully saturated rings. The lowest BCUT2D eigenvalue weighted by molar-refractivity contribution is -0.130. The van der Waals surface area contributed by atoms with Crippen LogP contribution in [0.15, 0.2) is 72.1 Å². The van der Waals surface area contributed by atoms with Crippen LogP contribution in [0.2, 0.25) is 0 Å². The minimum atomic E-state index is -3.96. The SMILES string of the molecule is C[C@H](CO)N1C[C@H](C)[C@H](CN(C)C(=O)Cc2ccccc2)Oc2cc(-c3cncnc3)ccc2S1(=O)=O. The smallest absolute Gasteiger partial charge is 0.247 e. The number of aliphatic hydroxyl groups excluding tert-OH is 1. The average molecular weight is 525 g/mol. The molecule has 0 radical (unpaired) electrons. The molecule has 2 heterocycles. The van der Waals surface area contributed by atoms with Crippen molar-refractivity contribution < 1.29 is 23.1 Å². The second-order valence-corrected chi connectivity index (χ2v) is 11.3. The number of carbonyl (C=O) groups is 1. The Labute approximate surface area is 217 Å². The summed E-state index contributed by atoms with van der Waals surface area (Å²) in [6.45, 7) is 3.66. The molecule has 0 spiro atoms. The van der Waals surface area contributed by atoms with Crippen LogP contribution in [0.1, 0.15) is 19.4 Å². The van der Waals surface area contributed by atoms with Crippen molar-refractivity contribution in [1.29, 1.82) is 0 Å². The molecule has 3 aromatic rings. The molecule has 196 valence electrons. The van der Waals surface area contributed by atoms with Gasteiger partial charge in [0.05, 0.1) is 19.6 Å². The number of amides is 1. The Morgan fingerprint density at radius 2 is 1.86 bits per heavy atom. The molecule has 3 atom stereocenters.